The summed E-state index contributed by atoms with van der Waals surface area (Å²) in [6.45, 7) is -1.59. The predicted molar refractivity (Wildman–Crippen MR) is 52.4 cm³/mol. The van der Waals surface area contributed by atoms with Gasteiger partial charge in [-0.1, -0.05) is 0 Å². The number of hydrogen-bond donors (Lipinski definition) is 1. The van der Waals surface area contributed by atoms with Gasteiger partial charge in [0.1, 0.15) is 0 Å². The van der Waals surface area contributed by atoms with E-state index in [2.05, 4.69) is 4.98 Å². The molecule has 0 fully saturated rings. The molecule has 1 aromatic rings. The lowest BCUT2D eigenvalue weighted by molar-refractivity contribution is -0.154. The molecule has 0 atom stereocenters. The number of carbonyl (C=O) groups is 1. The third-order valence-electron chi connectivity index (χ3n) is 2.00. The van der Waals surface area contributed by atoms with Crippen LogP contribution in [0.25, 0.3) is 0 Å². The summed E-state index contributed by atoms with van der Waals surface area (Å²) in [6.07, 6.45) is 0.175. The highest BCUT2D eigenvalue weighted by Crippen LogP contribution is 2.16. The third kappa shape index (κ3) is 5.91. The van der Waals surface area contributed by atoms with Crippen LogP contribution < -0.4 is 0 Å². The van der Waals surface area contributed by atoms with Gasteiger partial charge in [0, 0.05) is 25.5 Å². The molecule has 1 heterocycles. The van der Waals surface area contributed by atoms with E-state index in [4.69, 9.17) is 5.11 Å². The van der Waals surface area contributed by atoms with E-state index in [-0.39, 0.29) is 13.1 Å². The van der Waals surface area contributed by atoms with Gasteiger partial charge in [-0.2, -0.15) is 13.2 Å². The maximum atomic E-state index is 12.2. The van der Waals surface area contributed by atoms with Crippen molar-refractivity contribution in [2.45, 2.75) is 12.7 Å². The molecule has 1 N–H and O–H groups in total. The number of nitrogens with zero attached hydrogens (tertiary/aromatic N) is 3. The van der Waals surface area contributed by atoms with Crippen LogP contribution in [0.3, 0.4) is 0 Å². The first-order valence-corrected chi connectivity index (χ1v) is 4.83. The van der Waals surface area contributed by atoms with Crippen LogP contribution in [0.5, 0.6) is 0 Å². The van der Waals surface area contributed by atoms with Gasteiger partial charge < -0.3 is 9.67 Å². The lowest BCUT2D eigenvalue weighted by Gasteiger charge is -2.21. The summed E-state index contributed by atoms with van der Waals surface area (Å²) in [7, 11) is 0. The van der Waals surface area contributed by atoms with E-state index < -0.39 is 25.2 Å². The molecule has 0 aliphatic carbocycles. The highest BCUT2D eigenvalue weighted by molar-refractivity contribution is 5.69. The number of imidazole rings is 1. The maximum absolute atomic E-state index is 12.2. The fourth-order valence-corrected chi connectivity index (χ4v) is 1.33. The van der Waals surface area contributed by atoms with Gasteiger partial charge in [-0.3, -0.25) is 9.69 Å². The SMILES string of the molecule is O=C(O)CN(CCn1ccnc1)CC(F)(F)F. The number of hydrogen-bond acceptors (Lipinski definition) is 3. The van der Waals surface area contributed by atoms with Crippen molar-refractivity contribution in [1.82, 2.24) is 14.5 Å². The van der Waals surface area contributed by atoms with Crippen LogP contribution in [0, 0.1) is 0 Å². The number of halogens is 3. The Kier molecular flexibility index (Phi) is 4.50. The zero-order valence-corrected chi connectivity index (χ0v) is 8.89. The van der Waals surface area contributed by atoms with Gasteiger partial charge in [0.05, 0.1) is 19.4 Å². The topological polar surface area (TPSA) is 58.4 Å². The minimum absolute atomic E-state index is 0.00215. The van der Waals surface area contributed by atoms with E-state index in [1.807, 2.05) is 0 Å². The molecule has 0 bridgehead atoms. The molecule has 0 spiro atoms. The first-order valence-electron chi connectivity index (χ1n) is 4.83. The third-order valence-corrected chi connectivity index (χ3v) is 2.00. The Labute approximate surface area is 95.5 Å². The molecular weight excluding hydrogens is 239 g/mol. The van der Waals surface area contributed by atoms with Crippen LogP contribution in [-0.2, 0) is 11.3 Å². The number of carboxylic acid groups (broad SMARTS) is 1. The van der Waals surface area contributed by atoms with Gasteiger partial charge in [0.2, 0.25) is 0 Å². The summed E-state index contributed by atoms with van der Waals surface area (Å²) in [5, 5.41) is 8.51. The molecule has 1 aromatic heterocycles. The Morgan fingerprint density at radius 3 is 2.65 bits per heavy atom. The van der Waals surface area contributed by atoms with E-state index in [0.29, 0.717) is 0 Å². The number of aromatic nitrogens is 2. The molecule has 96 valence electrons. The van der Waals surface area contributed by atoms with Crippen molar-refractivity contribution in [3.05, 3.63) is 18.7 Å². The molecule has 5 nitrogen and oxygen atoms in total. The van der Waals surface area contributed by atoms with Crippen LogP contribution in [0.4, 0.5) is 13.2 Å². The Balaban J connectivity index is 2.48. The van der Waals surface area contributed by atoms with Crippen LogP contribution >= 0.6 is 0 Å². The van der Waals surface area contributed by atoms with Crippen LogP contribution in [0.2, 0.25) is 0 Å². The molecule has 0 saturated heterocycles. The molecule has 0 unspecified atom stereocenters. The van der Waals surface area contributed by atoms with Crippen molar-refractivity contribution in [3.8, 4) is 0 Å². The van der Waals surface area contributed by atoms with Gasteiger partial charge in [0.25, 0.3) is 0 Å². The van der Waals surface area contributed by atoms with Crippen molar-refractivity contribution in [2.24, 2.45) is 0 Å². The quantitative estimate of drug-likeness (QED) is 0.813. The minimum atomic E-state index is -4.40. The second-order valence-corrected chi connectivity index (χ2v) is 3.52. The zero-order valence-electron chi connectivity index (χ0n) is 8.89. The van der Waals surface area contributed by atoms with E-state index in [9.17, 15) is 18.0 Å². The van der Waals surface area contributed by atoms with Gasteiger partial charge in [-0.25, -0.2) is 4.98 Å². The number of aliphatic carboxylic acids is 1. The van der Waals surface area contributed by atoms with E-state index in [0.717, 1.165) is 4.90 Å². The zero-order chi connectivity index (χ0) is 12.9. The molecule has 0 saturated carbocycles. The van der Waals surface area contributed by atoms with E-state index in [1.165, 1.54) is 12.5 Å². The molecule has 0 aromatic carbocycles. The molecule has 0 radical (unpaired) electrons. The normalized spacial score (nSPS) is 12.0. The second kappa shape index (κ2) is 5.67. The predicted octanol–water partition coefficient (Wildman–Crippen LogP) is 0.832. The summed E-state index contributed by atoms with van der Waals surface area (Å²) in [4.78, 5) is 15.0. The smallest absolute Gasteiger partial charge is 0.401 e. The van der Waals surface area contributed by atoms with Crippen molar-refractivity contribution >= 4 is 5.97 Å². The highest BCUT2D eigenvalue weighted by Gasteiger charge is 2.31. The summed E-state index contributed by atoms with van der Waals surface area (Å²) in [5.41, 5.74) is 0. The summed E-state index contributed by atoms with van der Waals surface area (Å²) < 4.78 is 38.1. The summed E-state index contributed by atoms with van der Waals surface area (Å²) >= 11 is 0. The van der Waals surface area contributed by atoms with Crippen LogP contribution in [0.15, 0.2) is 18.7 Å². The molecular formula is C9H12F3N3O2. The largest absolute Gasteiger partial charge is 0.480 e. The average molecular weight is 251 g/mol. The van der Waals surface area contributed by atoms with Crippen molar-refractivity contribution in [3.63, 3.8) is 0 Å². The fraction of sp³-hybridized carbons (Fsp3) is 0.556. The standard InChI is InChI=1S/C9H12F3N3O2/c10-9(11,12)6-15(5-8(16)17)4-3-14-2-1-13-7-14/h1-2,7H,3-6H2,(H,16,17). The highest BCUT2D eigenvalue weighted by atomic mass is 19.4. The van der Waals surface area contributed by atoms with Gasteiger partial charge in [-0.15, -0.1) is 0 Å². The minimum Gasteiger partial charge on any atom is -0.480 e. The molecule has 0 amide bonds. The Morgan fingerprint density at radius 1 is 1.47 bits per heavy atom. The molecule has 0 aliphatic rings. The molecule has 17 heavy (non-hydrogen) atoms. The van der Waals surface area contributed by atoms with Gasteiger partial charge in [0.15, 0.2) is 0 Å². The second-order valence-electron chi connectivity index (χ2n) is 3.52. The molecule has 8 heteroatoms. The fourth-order valence-electron chi connectivity index (χ4n) is 1.33. The maximum Gasteiger partial charge on any atom is 0.401 e. The molecule has 0 aliphatic heterocycles. The summed E-state index contributed by atoms with van der Waals surface area (Å²) in [5.74, 6) is -1.28. The lowest BCUT2D eigenvalue weighted by Crippen LogP contribution is -2.39. The first kappa shape index (κ1) is 13.5. The number of alkyl halides is 3. The number of rotatable bonds is 6. The van der Waals surface area contributed by atoms with Gasteiger partial charge in [-0.05, 0) is 0 Å². The average Bonchev–Trinajstić information content (AvgIpc) is 2.62. The first-order chi connectivity index (χ1) is 7.87. The van der Waals surface area contributed by atoms with E-state index >= 15 is 0 Å². The lowest BCUT2D eigenvalue weighted by atomic mass is 10.4. The Bertz CT molecular complexity index is 351. The van der Waals surface area contributed by atoms with Crippen molar-refractivity contribution in [2.75, 3.05) is 19.6 Å². The van der Waals surface area contributed by atoms with E-state index in [1.54, 1.807) is 10.8 Å². The Hall–Kier alpha value is -1.57. The molecule has 1 rings (SSSR count). The monoisotopic (exact) mass is 251 g/mol. The Morgan fingerprint density at radius 2 is 2.18 bits per heavy atom. The van der Waals surface area contributed by atoms with Gasteiger partial charge >= 0.3 is 12.1 Å². The van der Waals surface area contributed by atoms with Crippen LogP contribution in [-0.4, -0.2) is 51.3 Å². The van der Waals surface area contributed by atoms with Crippen molar-refractivity contribution in [1.29, 1.82) is 0 Å². The summed E-state index contributed by atoms with van der Waals surface area (Å²) in [6, 6.07) is 0. The number of carboxylic acids is 1. The van der Waals surface area contributed by atoms with Crippen molar-refractivity contribution < 1.29 is 23.1 Å². The van der Waals surface area contributed by atoms with Crippen LogP contribution in [0.1, 0.15) is 0 Å².